The van der Waals surface area contributed by atoms with Gasteiger partial charge in [0.15, 0.2) is 0 Å². The van der Waals surface area contributed by atoms with Gasteiger partial charge >= 0.3 is 0 Å². The second-order valence-electron chi connectivity index (χ2n) is 2.80. The van der Waals surface area contributed by atoms with Crippen LogP contribution in [-0.2, 0) is 11.2 Å². The van der Waals surface area contributed by atoms with Gasteiger partial charge < -0.3 is 4.79 Å². The fraction of sp³-hybridized carbons (Fsp3) is 0.200. The van der Waals surface area contributed by atoms with Crippen molar-refractivity contribution in [3.8, 4) is 0 Å². The molecular formula is C10H9O. The van der Waals surface area contributed by atoms with E-state index in [2.05, 4.69) is 12.5 Å². The highest BCUT2D eigenvalue weighted by Crippen LogP contribution is 2.29. The van der Waals surface area contributed by atoms with Crippen molar-refractivity contribution in [2.45, 2.75) is 12.3 Å². The van der Waals surface area contributed by atoms with E-state index in [9.17, 15) is 4.79 Å². The van der Waals surface area contributed by atoms with Crippen molar-refractivity contribution >= 4 is 6.29 Å². The molecule has 55 valence electrons. The quantitative estimate of drug-likeness (QED) is 0.550. The SMILES string of the molecule is O=CC1[CH]Cc2ccccc21. The van der Waals surface area contributed by atoms with Crippen LogP contribution in [0.15, 0.2) is 24.3 Å². The summed E-state index contributed by atoms with van der Waals surface area (Å²) in [6.07, 6.45) is 4.00. The number of carbonyl (C=O) groups is 1. The molecule has 0 aliphatic heterocycles. The third-order valence-electron chi connectivity index (χ3n) is 2.15. The zero-order chi connectivity index (χ0) is 7.68. The van der Waals surface area contributed by atoms with Gasteiger partial charge in [-0.25, -0.2) is 0 Å². The lowest BCUT2D eigenvalue weighted by Gasteiger charge is -2.00. The molecule has 0 saturated heterocycles. The van der Waals surface area contributed by atoms with Crippen molar-refractivity contribution in [3.63, 3.8) is 0 Å². The van der Waals surface area contributed by atoms with Crippen LogP contribution in [0.25, 0.3) is 0 Å². The summed E-state index contributed by atoms with van der Waals surface area (Å²) in [5.74, 6) is 0.0474. The van der Waals surface area contributed by atoms with Crippen LogP contribution >= 0.6 is 0 Å². The van der Waals surface area contributed by atoms with Gasteiger partial charge in [0, 0.05) is 5.92 Å². The Labute approximate surface area is 66.0 Å². The first-order valence-corrected chi connectivity index (χ1v) is 3.78. The first-order chi connectivity index (χ1) is 5.42. The Morgan fingerprint density at radius 1 is 1.36 bits per heavy atom. The van der Waals surface area contributed by atoms with Crippen molar-refractivity contribution in [3.05, 3.63) is 41.8 Å². The average Bonchev–Trinajstić information content (AvgIpc) is 2.47. The summed E-state index contributed by atoms with van der Waals surface area (Å²) in [4.78, 5) is 10.5. The minimum absolute atomic E-state index is 0.0474. The van der Waals surface area contributed by atoms with Crippen molar-refractivity contribution in [1.29, 1.82) is 0 Å². The minimum atomic E-state index is 0.0474. The Kier molecular flexibility index (Phi) is 1.50. The lowest BCUT2D eigenvalue weighted by molar-refractivity contribution is -0.108. The lowest BCUT2D eigenvalue weighted by Crippen LogP contribution is -1.93. The summed E-state index contributed by atoms with van der Waals surface area (Å²) in [6, 6.07) is 8.10. The molecule has 1 aromatic carbocycles. The number of aldehydes is 1. The molecular weight excluding hydrogens is 136 g/mol. The fourth-order valence-electron chi connectivity index (χ4n) is 1.56. The highest BCUT2D eigenvalue weighted by atomic mass is 16.1. The van der Waals surface area contributed by atoms with Gasteiger partial charge in [0.1, 0.15) is 6.29 Å². The second kappa shape index (κ2) is 2.50. The molecule has 1 radical (unpaired) electrons. The first kappa shape index (κ1) is 6.59. The van der Waals surface area contributed by atoms with Gasteiger partial charge in [0.2, 0.25) is 0 Å². The maximum Gasteiger partial charge on any atom is 0.127 e. The molecule has 1 heteroatoms. The minimum Gasteiger partial charge on any atom is -0.303 e. The smallest absolute Gasteiger partial charge is 0.127 e. The number of hydrogen-bond donors (Lipinski definition) is 0. The van der Waals surface area contributed by atoms with Gasteiger partial charge in [0.05, 0.1) is 0 Å². The molecule has 0 amide bonds. The lowest BCUT2D eigenvalue weighted by atomic mass is 10.0. The summed E-state index contributed by atoms with van der Waals surface area (Å²) in [5, 5.41) is 0. The molecule has 0 fully saturated rings. The summed E-state index contributed by atoms with van der Waals surface area (Å²) >= 11 is 0. The van der Waals surface area contributed by atoms with Crippen LogP contribution in [0.1, 0.15) is 17.0 Å². The van der Waals surface area contributed by atoms with Gasteiger partial charge in [0.25, 0.3) is 0 Å². The molecule has 0 spiro atoms. The number of rotatable bonds is 1. The van der Waals surface area contributed by atoms with Gasteiger partial charge in [-0.15, -0.1) is 0 Å². The molecule has 0 bridgehead atoms. The first-order valence-electron chi connectivity index (χ1n) is 3.78. The van der Waals surface area contributed by atoms with E-state index in [1.165, 1.54) is 11.1 Å². The number of benzene rings is 1. The van der Waals surface area contributed by atoms with E-state index in [-0.39, 0.29) is 5.92 Å². The van der Waals surface area contributed by atoms with E-state index in [4.69, 9.17) is 0 Å². The monoisotopic (exact) mass is 145 g/mol. The fourth-order valence-corrected chi connectivity index (χ4v) is 1.56. The third kappa shape index (κ3) is 0.967. The van der Waals surface area contributed by atoms with Crippen LogP contribution in [0.5, 0.6) is 0 Å². The third-order valence-corrected chi connectivity index (χ3v) is 2.15. The average molecular weight is 145 g/mol. The maximum absolute atomic E-state index is 10.5. The summed E-state index contributed by atoms with van der Waals surface area (Å²) in [7, 11) is 0. The van der Waals surface area contributed by atoms with E-state index >= 15 is 0 Å². The molecule has 1 unspecified atom stereocenters. The van der Waals surface area contributed by atoms with Crippen LogP contribution in [0, 0.1) is 6.42 Å². The van der Waals surface area contributed by atoms with Crippen molar-refractivity contribution in [1.82, 2.24) is 0 Å². The summed E-state index contributed by atoms with van der Waals surface area (Å²) in [6.45, 7) is 0. The predicted molar refractivity (Wildman–Crippen MR) is 43.3 cm³/mol. The molecule has 1 aromatic rings. The van der Waals surface area contributed by atoms with E-state index in [0.717, 1.165) is 12.7 Å². The van der Waals surface area contributed by atoms with Crippen LogP contribution in [0.4, 0.5) is 0 Å². The molecule has 2 rings (SSSR count). The van der Waals surface area contributed by atoms with Gasteiger partial charge in [-0.1, -0.05) is 24.3 Å². The number of carbonyl (C=O) groups excluding carboxylic acids is 1. The van der Waals surface area contributed by atoms with Crippen LogP contribution < -0.4 is 0 Å². The molecule has 11 heavy (non-hydrogen) atoms. The van der Waals surface area contributed by atoms with E-state index in [0.29, 0.717) is 0 Å². The van der Waals surface area contributed by atoms with Crippen molar-refractivity contribution in [2.24, 2.45) is 0 Å². The highest BCUT2D eigenvalue weighted by Gasteiger charge is 2.20. The van der Waals surface area contributed by atoms with Crippen LogP contribution in [0.2, 0.25) is 0 Å². The Morgan fingerprint density at radius 3 is 3.00 bits per heavy atom. The van der Waals surface area contributed by atoms with Crippen LogP contribution in [0.3, 0.4) is 0 Å². The van der Waals surface area contributed by atoms with Crippen LogP contribution in [-0.4, -0.2) is 6.29 Å². The molecule has 0 N–H and O–H groups in total. The topological polar surface area (TPSA) is 17.1 Å². The Bertz CT molecular complexity index is 278. The van der Waals surface area contributed by atoms with Crippen molar-refractivity contribution in [2.75, 3.05) is 0 Å². The van der Waals surface area contributed by atoms with Gasteiger partial charge in [-0.2, -0.15) is 0 Å². The van der Waals surface area contributed by atoms with Gasteiger partial charge in [-0.3, -0.25) is 0 Å². The molecule has 1 nitrogen and oxygen atoms in total. The van der Waals surface area contributed by atoms with E-state index in [1.54, 1.807) is 0 Å². The van der Waals surface area contributed by atoms with Crippen molar-refractivity contribution < 1.29 is 4.79 Å². The predicted octanol–water partition coefficient (Wildman–Crippen LogP) is 1.73. The molecule has 0 aromatic heterocycles. The second-order valence-corrected chi connectivity index (χ2v) is 2.80. The highest BCUT2D eigenvalue weighted by molar-refractivity contribution is 5.68. The maximum atomic E-state index is 10.5. The zero-order valence-electron chi connectivity index (χ0n) is 6.16. The van der Waals surface area contributed by atoms with Gasteiger partial charge in [-0.05, 0) is 24.0 Å². The molecule has 1 atom stereocenters. The van der Waals surface area contributed by atoms with E-state index < -0.39 is 0 Å². The number of fused-ring (bicyclic) bond motifs is 1. The Morgan fingerprint density at radius 2 is 2.18 bits per heavy atom. The zero-order valence-corrected chi connectivity index (χ0v) is 6.16. The molecule has 0 heterocycles. The Hall–Kier alpha value is -1.11. The molecule has 1 aliphatic rings. The summed E-state index contributed by atoms with van der Waals surface area (Å²) < 4.78 is 0. The largest absolute Gasteiger partial charge is 0.303 e. The number of hydrogen-bond acceptors (Lipinski definition) is 1. The molecule has 0 saturated carbocycles. The normalized spacial score (nSPS) is 21.3. The Balaban J connectivity index is 2.46. The van der Waals surface area contributed by atoms with E-state index in [1.807, 2.05) is 18.2 Å². The standard InChI is InChI=1S/C10H9O/c11-7-9-6-5-8-3-1-2-4-10(8)9/h1-4,6-7,9H,5H2. The summed E-state index contributed by atoms with van der Waals surface area (Å²) in [5.41, 5.74) is 2.48. The molecule has 1 aliphatic carbocycles.